The van der Waals surface area contributed by atoms with E-state index in [1.165, 1.54) is 20.3 Å². The number of amides is 2. The normalized spacial score (nSPS) is 12.1. The van der Waals surface area contributed by atoms with E-state index < -0.39 is 29.7 Å². The van der Waals surface area contributed by atoms with Crippen LogP contribution >= 0.6 is 0 Å². The van der Waals surface area contributed by atoms with Crippen molar-refractivity contribution in [1.82, 2.24) is 5.32 Å². The van der Waals surface area contributed by atoms with Crippen LogP contribution in [0, 0.1) is 0 Å². The Morgan fingerprint density at radius 3 is 2.17 bits per heavy atom. The zero-order chi connectivity index (χ0) is 21.6. The Balaban J connectivity index is 1.92. The van der Waals surface area contributed by atoms with Gasteiger partial charge in [0.1, 0.15) is 0 Å². The molecule has 0 aromatic heterocycles. The van der Waals surface area contributed by atoms with Crippen LogP contribution in [0.15, 0.2) is 42.5 Å². The standard InChI is InChI=1S/C19H19F3N2O5/c1-28-15-8-3-11(9-16(15)29-2)14(25)10-23-17(26)18(27)24-13-6-4-12(5-7-13)19(20,21)22/h3-9,14,25H,10H2,1-2H3,(H,23,26)(H,24,27). The summed E-state index contributed by atoms with van der Waals surface area (Å²) < 4.78 is 47.8. The zero-order valence-corrected chi connectivity index (χ0v) is 15.5. The van der Waals surface area contributed by atoms with Crippen molar-refractivity contribution in [3.63, 3.8) is 0 Å². The number of anilines is 1. The summed E-state index contributed by atoms with van der Waals surface area (Å²) in [6, 6.07) is 8.32. The molecule has 7 nitrogen and oxygen atoms in total. The Morgan fingerprint density at radius 2 is 1.62 bits per heavy atom. The molecule has 0 bridgehead atoms. The first-order chi connectivity index (χ1) is 13.7. The molecule has 0 aliphatic heterocycles. The SMILES string of the molecule is COc1ccc(C(O)CNC(=O)C(=O)Nc2ccc(C(F)(F)F)cc2)cc1OC. The Labute approximate surface area is 164 Å². The smallest absolute Gasteiger partial charge is 0.416 e. The van der Waals surface area contributed by atoms with E-state index in [0.29, 0.717) is 17.1 Å². The lowest BCUT2D eigenvalue weighted by atomic mass is 10.1. The van der Waals surface area contributed by atoms with Crippen molar-refractivity contribution in [2.75, 3.05) is 26.1 Å². The summed E-state index contributed by atoms with van der Waals surface area (Å²) in [7, 11) is 2.89. The number of methoxy groups -OCH3 is 2. The van der Waals surface area contributed by atoms with E-state index in [0.717, 1.165) is 24.3 Å². The van der Waals surface area contributed by atoms with E-state index >= 15 is 0 Å². The second kappa shape index (κ2) is 9.28. The van der Waals surface area contributed by atoms with E-state index in [-0.39, 0.29) is 12.2 Å². The van der Waals surface area contributed by atoms with Crippen molar-refractivity contribution in [1.29, 1.82) is 0 Å². The molecule has 2 aromatic rings. The molecule has 0 aliphatic carbocycles. The third kappa shape index (κ3) is 5.85. The van der Waals surface area contributed by atoms with Crippen molar-refractivity contribution in [2.45, 2.75) is 12.3 Å². The number of carbonyl (C=O) groups is 2. The van der Waals surface area contributed by atoms with E-state index in [4.69, 9.17) is 9.47 Å². The Bertz CT molecular complexity index is 869. The van der Waals surface area contributed by atoms with Gasteiger partial charge in [-0.15, -0.1) is 0 Å². The molecule has 0 saturated carbocycles. The molecule has 2 amide bonds. The molecule has 0 spiro atoms. The fraction of sp³-hybridized carbons (Fsp3) is 0.263. The van der Waals surface area contributed by atoms with Crippen molar-refractivity contribution < 1.29 is 37.3 Å². The first-order valence-corrected chi connectivity index (χ1v) is 8.32. The first kappa shape index (κ1) is 22.0. The Kier molecular flexibility index (Phi) is 7.05. The molecule has 0 saturated heterocycles. The number of aliphatic hydroxyl groups excluding tert-OH is 1. The summed E-state index contributed by atoms with van der Waals surface area (Å²) in [4.78, 5) is 23.7. The maximum Gasteiger partial charge on any atom is 0.416 e. The summed E-state index contributed by atoms with van der Waals surface area (Å²) in [5, 5.41) is 14.6. The van der Waals surface area contributed by atoms with Crippen LogP contribution in [0.2, 0.25) is 0 Å². The summed E-state index contributed by atoms with van der Waals surface area (Å²) in [5.41, 5.74) is -0.428. The molecule has 2 aromatic carbocycles. The predicted molar refractivity (Wildman–Crippen MR) is 97.6 cm³/mol. The van der Waals surface area contributed by atoms with Gasteiger partial charge in [0.25, 0.3) is 0 Å². The monoisotopic (exact) mass is 412 g/mol. The molecule has 1 atom stereocenters. The number of hydrogen-bond donors (Lipinski definition) is 3. The maximum atomic E-state index is 12.5. The van der Waals surface area contributed by atoms with Gasteiger partial charge in [-0.25, -0.2) is 0 Å². The van der Waals surface area contributed by atoms with Gasteiger partial charge in [-0.05, 0) is 42.0 Å². The van der Waals surface area contributed by atoms with Gasteiger partial charge < -0.3 is 25.2 Å². The lowest BCUT2D eigenvalue weighted by molar-refractivity contribution is -0.137. The van der Waals surface area contributed by atoms with Crippen LogP contribution < -0.4 is 20.1 Å². The molecule has 1 unspecified atom stereocenters. The molecular formula is C19H19F3N2O5. The van der Waals surface area contributed by atoms with Gasteiger partial charge in [0.2, 0.25) is 0 Å². The molecule has 156 valence electrons. The summed E-state index contributed by atoms with van der Waals surface area (Å²) in [5.74, 6) is -1.28. The summed E-state index contributed by atoms with van der Waals surface area (Å²) in [6.45, 7) is -0.269. The minimum absolute atomic E-state index is 0.0265. The highest BCUT2D eigenvalue weighted by Gasteiger charge is 2.30. The van der Waals surface area contributed by atoms with Gasteiger partial charge >= 0.3 is 18.0 Å². The average molecular weight is 412 g/mol. The zero-order valence-electron chi connectivity index (χ0n) is 15.5. The number of rotatable bonds is 6. The number of ether oxygens (including phenoxy) is 2. The fourth-order valence-electron chi connectivity index (χ4n) is 2.38. The second-order valence-electron chi connectivity index (χ2n) is 5.87. The van der Waals surface area contributed by atoms with Crippen LogP contribution in [-0.2, 0) is 15.8 Å². The van der Waals surface area contributed by atoms with E-state index in [2.05, 4.69) is 10.6 Å². The highest BCUT2D eigenvalue weighted by molar-refractivity contribution is 6.39. The molecule has 2 rings (SSSR count). The number of benzene rings is 2. The molecule has 0 fully saturated rings. The van der Waals surface area contributed by atoms with Crippen LogP contribution in [-0.4, -0.2) is 37.7 Å². The number of aliphatic hydroxyl groups is 1. The largest absolute Gasteiger partial charge is 0.493 e. The van der Waals surface area contributed by atoms with Crippen LogP contribution in [0.3, 0.4) is 0 Å². The molecule has 0 aliphatic rings. The van der Waals surface area contributed by atoms with Crippen molar-refractivity contribution in [3.8, 4) is 11.5 Å². The molecule has 0 heterocycles. The van der Waals surface area contributed by atoms with Gasteiger partial charge in [-0.1, -0.05) is 6.07 Å². The van der Waals surface area contributed by atoms with E-state index in [1.54, 1.807) is 12.1 Å². The Hall–Kier alpha value is -3.27. The van der Waals surface area contributed by atoms with Gasteiger partial charge in [0.05, 0.1) is 25.9 Å². The van der Waals surface area contributed by atoms with Crippen LogP contribution in [0.5, 0.6) is 11.5 Å². The number of carbonyl (C=O) groups excluding carboxylic acids is 2. The third-order valence-electron chi connectivity index (χ3n) is 3.92. The van der Waals surface area contributed by atoms with Gasteiger partial charge in [-0.3, -0.25) is 9.59 Å². The van der Waals surface area contributed by atoms with Crippen LogP contribution in [0.25, 0.3) is 0 Å². The van der Waals surface area contributed by atoms with E-state index in [9.17, 15) is 27.9 Å². The van der Waals surface area contributed by atoms with E-state index in [1.807, 2.05) is 0 Å². The topological polar surface area (TPSA) is 96.9 Å². The minimum Gasteiger partial charge on any atom is -0.493 e. The minimum atomic E-state index is -4.50. The number of nitrogens with one attached hydrogen (secondary N) is 2. The summed E-state index contributed by atoms with van der Waals surface area (Å²) >= 11 is 0. The van der Waals surface area contributed by atoms with Crippen molar-refractivity contribution in [2.24, 2.45) is 0 Å². The molecule has 3 N–H and O–H groups in total. The molecule has 0 radical (unpaired) electrons. The highest BCUT2D eigenvalue weighted by Crippen LogP contribution is 2.30. The van der Waals surface area contributed by atoms with Crippen molar-refractivity contribution >= 4 is 17.5 Å². The second-order valence-corrected chi connectivity index (χ2v) is 5.87. The van der Waals surface area contributed by atoms with Gasteiger partial charge in [0.15, 0.2) is 11.5 Å². The summed E-state index contributed by atoms with van der Waals surface area (Å²) in [6.07, 6.45) is -5.63. The number of hydrogen-bond acceptors (Lipinski definition) is 5. The van der Waals surface area contributed by atoms with Crippen molar-refractivity contribution in [3.05, 3.63) is 53.6 Å². The third-order valence-corrected chi connectivity index (χ3v) is 3.92. The number of alkyl halides is 3. The lowest BCUT2D eigenvalue weighted by Gasteiger charge is -2.15. The molecular weight excluding hydrogens is 393 g/mol. The maximum absolute atomic E-state index is 12.5. The highest BCUT2D eigenvalue weighted by atomic mass is 19.4. The lowest BCUT2D eigenvalue weighted by Crippen LogP contribution is -2.37. The van der Waals surface area contributed by atoms with Gasteiger partial charge in [0, 0.05) is 12.2 Å². The quantitative estimate of drug-likeness (QED) is 0.634. The van der Waals surface area contributed by atoms with Crippen LogP contribution in [0.1, 0.15) is 17.2 Å². The van der Waals surface area contributed by atoms with Crippen LogP contribution in [0.4, 0.5) is 18.9 Å². The molecule has 29 heavy (non-hydrogen) atoms. The average Bonchev–Trinajstić information content (AvgIpc) is 2.70. The fourth-order valence-corrected chi connectivity index (χ4v) is 2.38. The Morgan fingerprint density at radius 1 is 1.00 bits per heavy atom. The number of halogens is 3. The first-order valence-electron chi connectivity index (χ1n) is 8.32. The predicted octanol–water partition coefficient (Wildman–Crippen LogP) is 2.51. The molecule has 10 heteroatoms. The van der Waals surface area contributed by atoms with Gasteiger partial charge in [-0.2, -0.15) is 13.2 Å².